The molecule has 0 saturated carbocycles. The van der Waals surface area contributed by atoms with Gasteiger partial charge in [0.25, 0.3) is 0 Å². The fourth-order valence-corrected chi connectivity index (χ4v) is 2.99. The van der Waals surface area contributed by atoms with Gasteiger partial charge >= 0.3 is 6.09 Å². The number of nitrogens with zero attached hydrogens (tertiary/aromatic N) is 2. The number of piperidine rings is 1. The van der Waals surface area contributed by atoms with Gasteiger partial charge in [-0.15, -0.1) is 0 Å². The molecule has 5 nitrogen and oxygen atoms in total. The van der Waals surface area contributed by atoms with E-state index in [-0.39, 0.29) is 11.6 Å². The number of carbonyl (C=O) groups excluding carboxylic acids is 1. The predicted molar refractivity (Wildman–Crippen MR) is 100 cm³/mol. The van der Waals surface area contributed by atoms with E-state index < -0.39 is 5.60 Å². The van der Waals surface area contributed by atoms with Crippen LogP contribution in [0.25, 0.3) is 0 Å². The molecule has 1 heterocycles. The first kappa shape index (κ1) is 21.2. The maximum atomic E-state index is 12.4. The van der Waals surface area contributed by atoms with Gasteiger partial charge in [-0.3, -0.25) is 0 Å². The number of ether oxygens (including phenoxy) is 1. The Morgan fingerprint density at radius 1 is 1.12 bits per heavy atom. The number of hydrogen-bond acceptors (Lipinski definition) is 4. The molecular formula is C19H39N3O2. The Kier molecular flexibility index (Phi) is 8.00. The summed E-state index contributed by atoms with van der Waals surface area (Å²) >= 11 is 0. The van der Waals surface area contributed by atoms with Gasteiger partial charge < -0.3 is 19.9 Å². The normalized spacial score (nSPS) is 17.8. The summed E-state index contributed by atoms with van der Waals surface area (Å²) in [7, 11) is 2.20. The molecular weight excluding hydrogens is 302 g/mol. The first-order valence-corrected chi connectivity index (χ1v) is 9.39. The molecule has 5 heteroatoms. The van der Waals surface area contributed by atoms with Crippen molar-refractivity contribution in [3.63, 3.8) is 0 Å². The molecule has 0 aromatic heterocycles. The van der Waals surface area contributed by atoms with Crippen LogP contribution < -0.4 is 5.32 Å². The molecule has 0 spiro atoms. The van der Waals surface area contributed by atoms with Crippen LogP contribution in [-0.2, 0) is 4.74 Å². The van der Waals surface area contributed by atoms with Crippen LogP contribution in [0.3, 0.4) is 0 Å². The van der Waals surface area contributed by atoms with Crippen molar-refractivity contribution in [2.24, 2.45) is 5.92 Å². The molecule has 142 valence electrons. The first-order valence-electron chi connectivity index (χ1n) is 9.39. The van der Waals surface area contributed by atoms with Crippen LogP contribution in [0.4, 0.5) is 4.79 Å². The van der Waals surface area contributed by atoms with Crippen LogP contribution in [-0.4, -0.2) is 66.8 Å². The maximum absolute atomic E-state index is 12.4. The number of hydrogen-bond donors (Lipinski definition) is 1. The molecule has 0 radical (unpaired) electrons. The lowest BCUT2D eigenvalue weighted by Gasteiger charge is -2.37. The van der Waals surface area contributed by atoms with E-state index in [1.165, 1.54) is 32.4 Å². The van der Waals surface area contributed by atoms with Gasteiger partial charge in [-0.2, -0.15) is 0 Å². The van der Waals surface area contributed by atoms with E-state index in [0.717, 1.165) is 19.0 Å². The highest BCUT2D eigenvalue weighted by Gasteiger charge is 2.30. The van der Waals surface area contributed by atoms with Crippen LogP contribution in [0.1, 0.15) is 60.8 Å². The summed E-state index contributed by atoms with van der Waals surface area (Å²) in [5.74, 6) is 0.846. The Balaban J connectivity index is 2.31. The molecule has 0 unspecified atom stereocenters. The largest absolute Gasteiger partial charge is 0.444 e. The van der Waals surface area contributed by atoms with E-state index in [1.807, 2.05) is 25.7 Å². The number of nitrogens with one attached hydrogen (secondary N) is 1. The Hall–Kier alpha value is -0.810. The van der Waals surface area contributed by atoms with Crippen LogP contribution in [0, 0.1) is 5.92 Å². The summed E-state index contributed by atoms with van der Waals surface area (Å²) in [6.07, 6.45) is 3.62. The molecule has 1 N–H and O–H groups in total. The highest BCUT2D eigenvalue weighted by atomic mass is 16.6. The Morgan fingerprint density at radius 2 is 1.71 bits per heavy atom. The molecule has 1 saturated heterocycles. The van der Waals surface area contributed by atoms with Crippen LogP contribution in [0.5, 0.6) is 0 Å². The third-order valence-corrected chi connectivity index (χ3v) is 4.50. The summed E-state index contributed by atoms with van der Waals surface area (Å²) in [5.41, 5.74) is -0.694. The van der Waals surface area contributed by atoms with E-state index in [0.29, 0.717) is 6.54 Å². The molecule has 1 aliphatic rings. The van der Waals surface area contributed by atoms with Crippen LogP contribution in [0.2, 0.25) is 0 Å². The zero-order chi connectivity index (χ0) is 18.4. The van der Waals surface area contributed by atoms with Gasteiger partial charge in [0.05, 0.1) is 0 Å². The van der Waals surface area contributed by atoms with Crippen molar-refractivity contribution < 1.29 is 9.53 Å². The highest BCUT2D eigenvalue weighted by molar-refractivity contribution is 5.69. The van der Waals surface area contributed by atoms with Gasteiger partial charge in [0, 0.05) is 18.6 Å². The van der Waals surface area contributed by atoms with E-state index in [4.69, 9.17) is 4.74 Å². The van der Waals surface area contributed by atoms with Gasteiger partial charge in [0.1, 0.15) is 5.60 Å². The van der Waals surface area contributed by atoms with Crippen molar-refractivity contribution in [2.75, 3.05) is 39.8 Å². The van der Waals surface area contributed by atoms with Crippen molar-refractivity contribution >= 4 is 6.09 Å². The minimum absolute atomic E-state index is 0.230. The molecule has 0 aromatic carbocycles. The second kappa shape index (κ2) is 9.04. The molecule has 1 fully saturated rings. The number of amides is 1. The minimum atomic E-state index is -0.456. The smallest absolute Gasteiger partial charge is 0.410 e. The summed E-state index contributed by atoms with van der Waals surface area (Å²) < 4.78 is 5.54. The molecule has 0 aliphatic carbocycles. The molecule has 1 rings (SSSR count). The van der Waals surface area contributed by atoms with Crippen LogP contribution in [0.15, 0.2) is 0 Å². The average molecular weight is 342 g/mol. The Labute approximate surface area is 149 Å². The average Bonchev–Trinajstić information content (AvgIpc) is 2.41. The zero-order valence-corrected chi connectivity index (χ0v) is 16.9. The quantitative estimate of drug-likeness (QED) is 0.753. The monoisotopic (exact) mass is 341 g/mol. The second-order valence-electron chi connectivity index (χ2n) is 9.09. The standard InChI is InChI=1S/C19H39N3O2/c1-18(2,3)22(17(23)24-19(4,5)6)15-12-20-11-8-16-9-13-21(7)14-10-16/h16,20H,8-15H2,1-7H3. The summed E-state index contributed by atoms with van der Waals surface area (Å²) in [4.78, 5) is 16.6. The molecule has 1 aliphatic heterocycles. The van der Waals surface area contributed by atoms with Gasteiger partial charge in [-0.1, -0.05) is 0 Å². The van der Waals surface area contributed by atoms with Crippen molar-refractivity contribution in [2.45, 2.75) is 71.9 Å². The molecule has 0 aromatic rings. The van der Waals surface area contributed by atoms with E-state index in [1.54, 1.807) is 0 Å². The second-order valence-corrected chi connectivity index (χ2v) is 9.09. The Bertz CT molecular complexity index is 377. The highest BCUT2D eigenvalue weighted by Crippen LogP contribution is 2.19. The third kappa shape index (κ3) is 8.34. The van der Waals surface area contributed by atoms with Gasteiger partial charge in [-0.05, 0) is 93.4 Å². The fourth-order valence-electron chi connectivity index (χ4n) is 2.99. The third-order valence-electron chi connectivity index (χ3n) is 4.50. The van der Waals surface area contributed by atoms with Gasteiger partial charge in [0.15, 0.2) is 0 Å². The SMILES string of the molecule is CN1CCC(CCNCCN(C(=O)OC(C)(C)C)C(C)(C)C)CC1. The number of rotatable bonds is 6. The Morgan fingerprint density at radius 3 is 2.21 bits per heavy atom. The van der Waals surface area contributed by atoms with Crippen molar-refractivity contribution in [1.29, 1.82) is 0 Å². The summed E-state index contributed by atoms with van der Waals surface area (Å²) in [6, 6.07) is 0. The molecule has 0 bridgehead atoms. The van der Waals surface area contributed by atoms with Crippen molar-refractivity contribution in [1.82, 2.24) is 15.1 Å². The lowest BCUT2D eigenvalue weighted by molar-refractivity contribution is 0.00663. The predicted octanol–water partition coefficient (Wildman–Crippen LogP) is 3.34. The molecule has 0 atom stereocenters. The maximum Gasteiger partial charge on any atom is 0.410 e. The number of likely N-dealkylation sites (tertiary alicyclic amines) is 1. The number of carbonyl (C=O) groups is 1. The lowest BCUT2D eigenvalue weighted by Crippen LogP contribution is -2.50. The molecule has 24 heavy (non-hydrogen) atoms. The summed E-state index contributed by atoms with van der Waals surface area (Å²) in [5, 5.41) is 3.50. The zero-order valence-electron chi connectivity index (χ0n) is 16.9. The summed E-state index contributed by atoms with van der Waals surface area (Å²) in [6.45, 7) is 16.8. The van der Waals surface area contributed by atoms with E-state index >= 15 is 0 Å². The van der Waals surface area contributed by atoms with Crippen molar-refractivity contribution in [3.05, 3.63) is 0 Å². The van der Waals surface area contributed by atoms with Crippen molar-refractivity contribution in [3.8, 4) is 0 Å². The minimum Gasteiger partial charge on any atom is -0.444 e. The van der Waals surface area contributed by atoms with E-state index in [2.05, 4.69) is 38.0 Å². The van der Waals surface area contributed by atoms with E-state index in [9.17, 15) is 4.79 Å². The fraction of sp³-hybridized carbons (Fsp3) is 0.947. The molecule has 1 amide bonds. The topological polar surface area (TPSA) is 44.8 Å². The lowest BCUT2D eigenvalue weighted by atomic mass is 9.94. The van der Waals surface area contributed by atoms with Gasteiger partial charge in [0.2, 0.25) is 0 Å². The first-order chi connectivity index (χ1) is 11.0. The van der Waals surface area contributed by atoms with Gasteiger partial charge in [-0.25, -0.2) is 4.79 Å². The van der Waals surface area contributed by atoms with Crippen LogP contribution >= 0.6 is 0 Å².